The third-order valence-corrected chi connectivity index (χ3v) is 5.50. The highest BCUT2D eigenvalue weighted by Crippen LogP contribution is 2.34. The van der Waals surface area contributed by atoms with Crippen LogP contribution in [0.25, 0.3) is 10.1 Å². The molecule has 1 aromatic carbocycles. The topological polar surface area (TPSA) is 58.2 Å². The number of fused-ring (bicyclic) bond motifs is 1. The molecular weight excluding hydrogens is 306 g/mol. The van der Waals surface area contributed by atoms with Crippen molar-refractivity contribution in [1.82, 2.24) is 10.0 Å². The van der Waals surface area contributed by atoms with Crippen LogP contribution >= 0.6 is 11.3 Å². The van der Waals surface area contributed by atoms with Crippen molar-refractivity contribution >= 4 is 31.4 Å². The molecule has 0 atom stereocenters. The molecule has 0 radical (unpaired) electrons. The number of sulfonamides is 1. The quantitative estimate of drug-likeness (QED) is 0.857. The molecule has 0 aliphatic heterocycles. The average Bonchev–Trinajstić information content (AvgIpc) is 2.75. The zero-order valence-corrected chi connectivity index (χ0v) is 12.3. The van der Waals surface area contributed by atoms with Crippen LogP contribution in [-0.2, 0) is 16.6 Å². The molecule has 0 saturated heterocycles. The van der Waals surface area contributed by atoms with Gasteiger partial charge in [-0.2, -0.15) is 0 Å². The van der Waals surface area contributed by atoms with Crippen molar-refractivity contribution in [3.63, 3.8) is 0 Å². The summed E-state index contributed by atoms with van der Waals surface area (Å²) >= 11 is 1.34. The third-order valence-electron chi connectivity index (χ3n) is 2.65. The van der Waals surface area contributed by atoms with Gasteiger partial charge in [0.25, 0.3) is 6.43 Å². The van der Waals surface area contributed by atoms with E-state index in [1.807, 2.05) is 16.9 Å². The minimum Gasteiger partial charge on any atom is -0.315 e. The van der Waals surface area contributed by atoms with Gasteiger partial charge in [-0.3, -0.25) is 0 Å². The zero-order valence-electron chi connectivity index (χ0n) is 10.7. The summed E-state index contributed by atoms with van der Waals surface area (Å²) in [4.78, 5) is 0.698. The van der Waals surface area contributed by atoms with Crippen molar-refractivity contribution in [3.05, 3.63) is 29.1 Å². The van der Waals surface area contributed by atoms with Crippen LogP contribution in [0.5, 0.6) is 0 Å². The number of thiophene rings is 1. The van der Waals surface area contributed by atoms with Crippen LogP contribution in [-0.4, -0.2) is 28.4 Å². The Balaban J connectivity index is 2.53. The normalized spacial score (nSPS) is 12.4. The Bertz CT molecular complexity index is 699. The van der Waals surface area contributed by atoms with E-state index in [1.165, 1.54) is 11.3 Å². The maximum Gasteiger partial charge on any atom is 0.251 e. The van der Waals surface area contributed by atoms with Gasteiger partial charge in [0, 0.05) is 21.5 Å². The number of alkyl halides is 2. The summed E-state index contributed by atoms with van der Waals surface area (Å²) in [5, 5.41) is 3.45. The van der Waals surface area contributed by atoms with E-state index in [0.717, 1.165) is 4.70 Å². The highest BCUT2D eigenvalue weighted by molar-refractivity contribution is 7.90. The Morgan fingerprint density at radius 2 is 2.00 bits per heavy atom. The minimum atomic E-state index is -3.95. The lowest BCUT2D eigenvalue weighted by atomic mass is 10.2. The van der Waals surface area contributed by atoms with E-state index >= 15 is 0 Å². The maximum absolute atomic E-state index is 12.2. The molecule has 0 saturated carbocycles. The second-order valence-electron chi connectivity index (χ2n) is 4.12. The molecule has 4 nitrogen and oxygen atoms in total. The predicted molar refractivity (Wildman–Crippen MR) is 75.8 cm³/mol. The van der Waals surface area contributed by atoms with Gasteiger partial charge in [0.05, 0.1) is 6.54 Å². The molecule has 1 aromatic heterocycles. The summed E-state index contributed by atoms with van der Waals surface area (Å²) in [5.41, 5.74) is 0. The first-order chi connectivity index (χ1) is 9.45. The molecule has 0 amide bonds. The van der Waals surface area contributed by atoms with Crippen molar-refractivity contribution in [2.75, 3.05) is 13.6 Å². The van der Waals surface area contributed by atoms with E-state index in [9.17, 15) is 17.2 Å². The van der Waals surface area contributed by atoms with Gasteiger partial charge in [-0.25, -0.2) is 21.9 Å². The van der Waals surface area contributed by atoms with Crippen LogP contribution in [0.15, 0.2) is 29.2 Å². The molecule has 0 unspecified atom stereocenters. The summed E-state index contributed by atoms with van der Waals surface area (Å²) in [7, 11) is -2.25. The first kappa shape index (κ1) is 15.3. The second kappa shape index (κ2) is 6.13. The Morgan fingerprint density at radius 1 is 1.30 bits per heavy atom. The van der Waals surface area contributed by atoms with Gasteiger partial charge in [-0.1, -0.05) is 18.2 Å². The van der Waals surface area contributed by atoms with Crippen LogP contribution in [0.3, 0.4) is 0 Å². The highest BCUT2D eigenvalue weighted by Gasteiger charge is 2.24. The second-order valence-corrected chi connectivity index (χ2v) is 6.96. The van der Waals surface area contributed by atoms with E-state index < -0.39 is 23.0 Å². The molecular formula is C12H14F2N2O2S2. The first-order valence-electron chi connectivity index (χ1n) is 5.88. The van der Waals surface area contributed by atoms with Gasteiger partial charge < -0.3 is 5.32 Å². The monoisotopic (exact) mass is 320 g/mol. The number of halogens is 2. The van der Waals surface area contributed by atoms with Gasteiger partial charge in [0.1, 0.15) is 4.90 Å². The van der Waals surface area contributed by atoms with E-state index in [-0.39, 0.29) is 4.90 Å². The molecule has 0 aliphatic rings. The van der Waals surface area contributed by atoms with Crippen molar-refractivity contribution in [1.29, 1.82) is 0 Å². The van der Waals surface area contributed by atoms with Gasteiger partial charge >= 0.3 is 0 Å². The van der Waals surface area contributed by atoms with Crippen molar-refractivity contribution in [2.45, 2.75) is 17.9 Å². The lowest BCUT2D eigenvalue weighted by molar-refractivity contribution is 0.153. The van der Waals surface area contributed by atoms with E-state index in [1.54, 1.807) is 19.2 Å². The molecule has 1 heterocycles. The van der Waals surface area contributed by atoms with Crippen molar-refractivity contribution in [3.8, 4) is 0 Å². The maximum atomic E-state index is 12.2. The van der Waals surface area contributed by atoms with Gasteiger partial charge in [-0.05, 0) is 13.1 Å². The molecule has 20 heavy (non-hydrogen) atoms. The fourth-order valence-corrected chi connectivity index (χ4v) is 4.85. The molecule has 0 aliphatic carbocycles. The summed E-state index contributed by atoms with van der Waals surface area (Å²) in [6.45, 7) is -0.518. The van der Waals surface area contributed by atoms with E-state index in [4.69, 9.17) is 0 Å². The molecule has 0 spiro atoms. The molecule has 2 aromatic rings. The molecule has 2 rings (SSSR count). The molecule has 0 fully saturated rings. The van der Waals surface area contributed by atoms with E-state index in [2.05, 4.69) is 5.32 Å². The molecule has 8 heteroatoms. The zero-order chi connectivity index (χ0) is 14.8. The van der Waals surface area contributed by atoms with Crippen molar-refractivity contribution in [2.24, 2.45) is 0 Å². The van der Waals surface area contributed by atoms with Crippen LogP contribution in [0.2, 0.25) is 0 Å². The van der Waals surface area contributed by atoms with E-state index in [0.29, 0.717) is 16.8 Å². The number of hydrogen-bond acceptors (Lipinski definition) is 4. The SMILES string of the molecule is CNCc1sc2ccccc2c1S(=O)(=O)NCC(F)F. The average molecular weight is 320 g/mol. The Kier molecular flexibility index (Phi) is 4.69. The smallest absolute Gasteiger partial charge is 0.251 e. The molecule has 110 valence electrons. The number of rotatable bonds is 6. The first-order valence-corrected chi connectivity index (χ1v) is 8.18. The lowest BCUT2D eigenvalue weighted by Gasteiger charge is -2.08. The summed E-state index contributed by atoms with van der Waals surface area (Å²) in [6, 6.07) is 7.03. The summed E-state index contributed by atoms with van der Waals surface area (Å²) < 4.78 is 51.7. The van der Waals surface area contributed by atoms with Gasteiger partial charge in [0.2, 0.25) is 10.0 Å². The van der Waals surface area contributed by atoms with Crippen LogP contribution in [0.1, 0.15) is 4.88 Å². The highest BCUT2D eigenvalue weighted by atomic mass is 32.2. The van der Waals surface area contributed by atoms with Crippen molar-refractivity contribution < 1.29 is 17.2 Å². The van der Waals surface area contributed by atoms with Gasteiger partial charge in [-0.15, -0.1) is 11.3 Å². The Labute approximate surface area is 119 Å². The summed E-state index contributed by atoms with van der Waals surface area (Å²) in [5.74, 6) is 0. The van der Waals surface area contributed by atoms with Crippen LogP contribution in [0, 0.1) is 0 Å². The number of nitrogens with one attached hydrogen (secondary N) is 2. The third kappa shape index (κ3) is 3.14. The fourth-order valence-electron chi connectivity index (χ4n) is 1.89. The summed E-state index contributed by atoms with van der Waals surface area (Å²) in [6.07, 6.45) is -2.72. The number of hydrogen-bond donors (Lipinski definition) is 2. The standard InChI is InChI=1S/C12H14F2N2O2S2/c1-15-6-10-12(20(17,18)16-7-11(13)14)8-4-2-3-5-9(8)19-10/h2-5,11,15-16H,6-7H2,1H3. The van der Waals surface area contributed by atoms with Crippen LogP contribution < -0.4 is 10.0 Å². The molecule has 0 bridgehead atoms. The Morgan fingerprint density at radius 3 is 2.65 bits per heavy atom. The number of benzene rings is 1. The molecule has 2 N–H and O–H groups in total. The van der Waals surface area contributed by atoms with Gasteiger partial charge in [0.15, 0.2) is 0 Å². The fraction of sp³-hybridized carbons (Fsp3) is 0.333. The predicted octanol–water partition coefficient (Wildman–Crippen LogP) is 2.16. The lowest BCUT2D eigenvalue weighted by Crippen LogP contribution is -2.29. The largest absolute Gasteiger partial charge is 0.315 e. The van der Waals surface area contributed by atoms with Crippen LogP contribution in [0.4, 0.5) is 8.78 Å². The minimum absolute atomic E-state index is 0.0908. The Hall–Kier alpha value is -1.09.